The highest BCUT2D eigenvalue weighted by Crippen LogP contribution is 2.33. The molecule has 2 fully saturated rings. The number of ether oxygens (including phenoxy) is 2. The molecule has 2 unspecified atom stereocenters. The molecule has 0 saturated carbocycles. The molecule has 0 spiro atoms. The number of hydrogen-bond donors (Lipinski definition) is 1. The molecule has 2 aliphatic rings. The van der Waals surface area contributed by atoms with Crippen molar-refractivity contribution in [3.05, 3.63) is 42.3 Å². The van der Waals surface area contributed by atoms with Crippen molar-refractivity contribution in [2.75, 3.05) is 30.5 Å². The molecule has 2 saturated heterocycles. The van der Waals surface area contributed by atoms with Gasteiger partial charge in [-0.2, -0.15) is 4.98 Å². The smallest absolute Gasteiger partial charge is 0.230 e. The van der Waals surface area contributed by atoms with Gasteiger partial charge in [0.25, 0.3) is 0 Å². The summed E-state index contributed by atoms with van der Waals surface area (Å²) < 4.78 is 29.9. The van der Waals surface area contributed by atoms with E-state index in [0.717, 1.165) is 12.8 Å². The van der Waals surface area contributed by atoms with E-state index in [4.69, 9.17) is 14.0 Å². The number of nitrogens with zero attached hydrogens (tertiary/aromatic N) is 4. The number of aromatic nitrogens is 3. The number of morpholine rings is 1. The number of halogens is 1. The van der Waals surface area contributed by atoms with E-state index >= 15 is 0 Å². The Labute approximate surface area is 166 Å². The quantitative estimate of drug-likeness (QED) is 0.701. The van der Waals surface area contributed by atoms with E-state index in [9.17, 15) is 4.39 Å². The zero-order valence-electron chi connectivity index (χ0n) is 15.8. The van der Waals surface area contributed by atoms with Crippen molar-refractivity contribution in [1.29, 1.82) is 0 Å². The van der Waals surface area contributed by atoms with E-state index in [1.165, 1.54) is 13.2 Å². The second kappa shape index (κ2) is 7.32. The predicted octanol–water partition coefficient (Wildman–Crippen LogP) is 3.39. The first-order valence-corrected chi connectivity index (χ1v) is 9.48. The fourth-order valence-corrected chi connectivity index (χ4v) is 3.92. The van der Waals surface area contributed by atoms with Crippen LogP contribution in [0.1, 0.15) is 12.8 Å². The number of anilines is 3. The summed E-state index contributed by atoms with van der Waals surface area (Å²) >= 11 is 0. The SMILES string of the molecule is COc1ccc(-c2cc(Nc3ccnc(N4C5CCC4COC5)n3)on2)cc1F. The third kappa shape index (κ3) is 3.38. The summed E-state index contributed by atoms with van der Waals surface area (Å²) in [5, 5.41) is 7.11. The van der Waals surface area contributed by atoms with Crippen molar-refractivity contribution in [2.45, 2.75) is 24.9 Å². The molecule has 8 nitrogen and oxygen atoms in total. The maximum Gasteiger partial charge on any atom is 0.230 e. The van der Waals surface area contributed by atoms with Gasteiger partial charge in [-0.3, -0.25) is 0 Å². The van der Waals surface area contributed by atoms with Gasteiger partial charge >= 0.3 is 0 Å². The number of hydrogen-bond acceptors (Lipinski definition) is 8. The Bertz CT molecular complexity index is 1010. The van der Waals surface area contributed by atoms with E-state index in [1.807, 2.05) is 0 Å². The highest BCUT2D eigenvalue weighted by molar-refractivity contribution is 5.64. The Morgan fingerprint density at radius 3 is 2.76 bits per heavy atom. The molecule has 1 aromatic carbocycles. The van der Waals surface area contributed by atoms with Gasteiger partial charge in [-0.25, -0.2) is 9.37 Å². The Kier molecular flexibility index (Phi) is 4.51. The average Bonchev–Trinajstić information content (AvgIpc) is 3.30. The molecule has 29 heavy (non-hydrogen) atoms. The Hall–Kier alpha value is -3.20. The number of nitrogens with one attached hydrogen (secondary N) is 1. The topological polar surface area (TPSA) is 85.5 Å². The first-order chi connectivity index (χ1) is 14.2. The largest absolute Gasteiger partial charge is 0.494 e. The predicted molar refractivity (Wildman–Crippen MR) is 104 cm³/mol. The molecule has 3 aromatic rings. The zero-order chi connectivity index (χ0) is 19.8. The van der Waals surface area contributed by atoms with Crippen molar-refractivity contribution in [2.24, 2.45) is 0 Å². The minimum Gasteiger partial charge on any atom is -0.494 e. The molecular formula is C20H20FN5O3. The van der Waals surface area contributed by atoms with Crippen LogP contribution in [0.3, 0.4) is 0 Å². The van der Waals surface area contributed by atoms with Crippen LogP contribution in [-0.2, 0) is 4.74 Å². The zero-order valence-corrected chi connectivity index (χ0v) is 15.8. The van der Waals surface area contributed by atoms with Gasteiger partial charge in [0.15, 0.2) is 11.6 Å². The summed E-state index contributed by atoms with van der Waals surface area (Å²) in [6, 6.07) is 8.75. The molecule has 0 radical (unpaired) electrons. The van der Waals surface area contributed by atoms with Crippen molar-refractivity contribution < 1.29 is 18.4 Å². The fraction of sp³-hybridized carbons (Fsp3) is 0.350. The van der Waals surface area contributed by atoms with E-state index in [1.54, 1.807) is 30.5 Å². The molecular weight excluding hydrogens is 377 g/mol. The Balaban J connectivity index is 1.35. The van der Waals surface area contributed by atoms with Gasteiger partial charge in [0.1, 0.15) is 11.5 Å². The average molecular weight is 397 g/mol. The highest BCUT2D eigenvalue weighted by Gasteiger charge is 2.38. The summed E-state index contributed by atoms with van der Waals surface area (Å²) in [4.78, 5) is 11.3. The van der Waals surface area contributed by atoms with Crippen LogP contribution in [0, 0.1) is 5.82 Å². The van der Waals surface area contributed by atoms with Crippen molar-refractivity contribution in [3.8, 4) is 17.0 Å². The van der Waals surface area contributed by atoms with Gasteiger partial charge in [0.2, 0.25) is 11.8 Å². The van der Waals surface area contributed by atoms with E-state index in [-0.39, 0.29) is 5.75 Å². The molecule has 2 bridgehead atoms. The normalized spacial score (nSPS) is 20.7. The molecule has 9 heteroatoms. The first-order valence-electron chi connectivity index (χ1n) is 9.48. The molecule has 0 amide bonds. The van der Waals surface area contributed by atoms with Crippen LogP contribution in [0.5, 0.6) is 5.75 Å². The molecule has 1 N–H and O–H groups in total. The number of rotatable bonds is 5. The van der Waals surface area contributed by atoms with Gasteiger partial charge in [0, 0.05) is 17.8 Å². The van der Waals surface area contributed by atoms with E-state index in [2.05, 4.69) is 25.3 Å². The summed E-state index contributed by atoms with van der Waals surface area (Å²) in [6.07, 6.45) is 3.90. The van der Waals surface area contributed by atoms with E-state index in [0.29, 0.717) is 54.2 Å². The molecule has 150 valence electrons. The maximum absolute atomic E-state index is 13.9. The molecule has 2 atom stereocenters. The van der Waals surface area contributed by atoms with Crippen molar-refractivity contribution >= 4 is 17.7 Å². The molecule has 2 aromatic heterocycles. The van der Waals surface area contributed by atoms with Gasteiger partial charge in [-0.05, 0) is 37.1 Å². The van der Waals surface area contributed by atoms with Gasteiger partial charge in [-0.1, -0.05) is 5.16 Å². The standard InChI is InChI=1S/C20H20FN5O3/c1-27-17-5-2-12(8-15(17)21)16-9-19(29-25-16)23-18-6-7-22-20(24-18)26-13-3-4-14(26)11-28-10-13/h2,5-9,13-14H,3-4,10-11H2,1H3,(H,22,23,24). The minimum atomic E-state index is -0.455. The lowest BCUT2D eigenvalue weighted by Gasteiger charge is -2.34. The summed E-state index contributed by atoms with van der Waals surface area (Å²) in [5.41, 5.74) is 1.10. The molecule has 0 aliphatic carbocycles. The Morgan fingerprint density at radius 1 is 1.17 bits per heavy atom. The lowest BCUT2D eigenvalue weighted by Crippen LogP contribution is -2.46. The summed E-state index contributed by atoms with van der Waals surface area (Å²) in [7, 11) is 1.43. The van der Waals surface area contributed by atoms with Gasteiger partial charge < -0.3 is 24.2 Å². The lowest BCUT2D eigenvalue weighted by atomic mass is 10.1. The van der Waals surface area contributed by atoms with Crippen LogP contribution >= 0.6 is 0 Å². The van der Waals surface area contributed by atoms with Crippen LogP contribution in [-0.4, -0.2) is 47.5 Å². The lowest BCUT2D eigenvalue weighted by molar-refractivity contribution is 0.0897. The molecule has 4 heterocycles. The van der Waals surface area contributed by atoms with Gasteiger partial charge in [-0.15, -0.1) is 0 Å². The Morgan fingerprint density at radius 2 is 2.00 bits per heavy atom. The van der Waals surface area contributed by atoms with Crippen LogP contribution < -0.4 is 15.0 Å². The number of methoxy groups -OCH3 is 1. The summed E-state index contributed by atoms with van der Waals surface area (Å²) in [6.45, 7) is 1.42. The minimum absolute atomic E-state index is 0.182. The van der Waals surface area contributed by atoms with E-state index < -0.39 is 5.82 Å². The second-order valence-corrected chi connectivity index (χ2v) is 7.12. The maximum atomic E-state index is 13.9. The van der Waals surface area contributed by atoms with Crippen LogP contribution in [0.25, 0.3) is 11.3 Å². The first kappa shape index (κ1) is 17.9. The van der Waals surface area contributed by atoms with Crippen LogP contribution in [0.15, 0.2) is 41.1 Å². The van der Waals surface area contributed by atoms with Crippen LogP contribution in [0.4, 0.5) is 22.0 Å². The number of fused-ring (bicyclic) bond motifs is 2. The fourth-order valence-electron chi connectivity index (χ4n) is 3.92. The van der Waals surface area contributed by atoms with Gasteiger partial charge in [0.05, 0.1) is 32.4 Å². The van der Waals surface area contributed by atoms with Crippen LogP contribution in [0.2, 0.25) is 0 Å². The second-order valence-electron chi connectivity index (χ2n) is 7.12. The monoisotopic (exact) mass is 397 g/mol. The molecule has 5 rings (SSSR count). The summed E-state index contributed by atoms with van der Waals surface area (Å²) in [5.74, 6) is 1.42. The third-order valence-electron chi connectivity index (χ3n) is 5.32. The van der Waals surface area contributed by atoms with Crippen molar-refractivity contribution in [1.82, 2.24) is 15.1 Å². The van der Waals surface area contributed by atoms with Crippen molar-refractivity contribution in [3.63, 3.8) is 0 Å². The number of benzene rings is 1. The highest BCUT2D eigenvalue weighted by atomic mass is 19.1. The molecule has 2 aliphatic heterocycles. The third-order valence-corrected chi connectivity index (χ3v) is 5.32.